The molecule has 4 nitrogen and oxygen atoms in total. The van der Waals surface area contributed by atoms with E-state index in [-0.39, 0.29) is 5.69 Å². The first-order chi connectivity index (χ1) is 8.58. The van der Waals surface area contributed by atoms with Gasteiger partial charge in [0.1, 0.15) is 11.8 Å². The van der Waals surface area contributed by atoms with Crippen LogP contribution in [0.5, 0.6) is 5.75 Å². The van der Waals surface area contributed by atoms with Crippen LogP contribution < -0.4 is 4.74 Å². The molecule has 0 amide bonds. The number of aryl methyl sites for hydroxylation is 1. The summed E-state index contributed by atoms with van der Waals surface area (Å²) >= 11 is 0. The molecule has 0 aliphatic rings. The van der Waals surface area contributed by atoms with Crippen molar-refractivity contribution < 1.29 is 9.26 Å². The van der Waals surface area contributed by atoms with E-state index in [1.165, 1.54) is 0 Å². The second-order valence-corrected chi connectivity index (χ2v) is 4.21. The zero-order chi connectivity index (χ0) is 13.3. The summed E-state index contributed by atoms with van der Waals surface area (Å²) in [7, 11) is 1.66. The molecule has 0 bridgehead atoms. The molecular weight excluding hydrogens is 228 g/mol. The minimum atomic E-state index is 0.289. The third-order valence-electron chi connectivity index (χ3n) is 3.14. The van der Waals surface area contributed by atoms with Gasteiger partial charge in [-0.3, -0.25) is 0 Å². The molecule has 2 aromatic rings. The van der Waals surface area contributed by atoms with Gasteiger partial charge in [-0.15, -0.1) is 0 Å². The molecule has 1 aromatic carbocycles. The van der Waals surface area contributed by atoms with Crippen molar-refractivity contribution in [2.24, 2.45) is 0 Å². The van der Waals surface area contributed by atoms with E-state index in [9.17, 15) is 0 Å². The Labute approximate surface area is 106 Å². The monoisotopic (exact) mass is 242 g/mol. The Kier molecular flexibility index (Phi) is 3.07. The highest BCUT2D eigenvalue weighted by atomic mass is 16.5. The van der Waals surface area contributed by atoms with Gasteiger partial charge in [0, 0.05) is 11.6 Å². The molecule has 0 fully saturated rings. The van der Waals surface area contributed by atoms with Crippen LogP contribution in [0.4, 0.5) is 0 Å². The minimum Gasteiger partial charge on any atom is -0.496 e. The summed E-state index contributed by atoms with van der Waals surface area (Å²) in [6.07, 6.45) is 0. The SMILES string of the molecule is COc1cc(C)c(-c2cc(C#N)no2)c(C)c1C. The molecule has 4 heteroatoms. The number of nitrogens with zero attached hydrogens (tertiary/aromatic N) is 2. The first kappa shape index (κ1) is 12.2. The number of nitriles is 1. The van der Waals surface area contributed by atoms with Crippen molar-refractivity contribution in [2.75, 3.05) is 7.11 Å². The number of benzene rings is 1. The maximum absolute atomic E-state index is 8.78. The molecule has 0 atom stereocenters. The highest BCUT2D eigenvalue weighted by molar-refractivity contribution is 5.70. The van der Waals surface area contributed by atoms with Crippen LogP contribution in [0.15, 0.2) is 16.7 Å². The fourth-order valence-corrected chi connectivity index (χ4v) is 2.08. The van der Waals surface area contributed by atoms with Crippen molar-refractivity contribution in [2.45, 2.75) is 20.8 Å². The van der Waals surface area contributed by atoms with Gasteiger partial charge < -0.3 is 9.26 Å². The lowest BCUT2D eigenvalue weighted by atomic mass is 9.95. The molecule has 0 unspecified atom stereocenters. The quantitative estimate of drug-likeness (QED) is 0.811. The Morgan fingerprint density at radius 3 is 2.50 bits per heavy atom. The summed E-state index contributed by atoms with van der Waals surface area (Å²) in [5, 5.41) is 12.5. The number of rotatable bonds is 2. The molecule has 1 aromatic heterocycles. The fraction of sp³-hybridized carbons (Fsp3) is 0.286. The largest absolute Gasteiger partial charge is 0.496 e. The topological polar surface area (TPSA) is 59.0 Å². The van der Waals surface area contributed by atoms with E-state index in [1.807, 2.05) is 32.9 Å². The van der Waals surface area contributed by atoms with Crippen molar-refractivity contribution in [3.05, 3.63) is 34.5 Å². The minimum absolute atomic E-state index is 0.289. The number of hydrogen-bond acceptors (Lipinski definition) is 4. The second-order valence-electron chi connectivity index (χ2n) is 4.21. The first-order valence-electron chi connectivity index (χ1n) is 5.60. The molecule has 0 saturated heterocycles. The predicted molar refractivity (Wildman–Crippen MR) is 67.4 cm³/mol. The zero-order valence-electron chi connectivity index (χ0n) is 10.9. The van der Waals surface area contributed by atoms with Gasteiger partial charge in [-0.05, 0) is 43.5 Å². The van der Waals surface area contributed by atoms with Crippen LogP contribution in [0.2, 0.25) is 0 Å². The average molecular weight is 242 g/mol. The highest BCUT2D eigenvalue weighted by Gasteiger charge is 2.16. The van der Waals surface area contributed by atoms with Gasteiger partial charge in [-0.25, -0.2) is 0 Å². The summed E-state index contributed by atoms with van der Waals surface area (Å²) in [5.41, 5.74) is 4.44. The standard InChI is InChI=1S/C14H14N2O2/c1-8-5-12(17-4)9(2)10(3)14(8)13-6-11(7-15)16-18-13/h5-6H,1-4H3. The summed E-state index contributed by atoms with van der Waals surface area (Å²) in [5.74, 6) is 1.47. The van der Waals surface area contributed by atoms with Crippen molar-refractivity contribution in [1.82, 2.24) is 5.16 Å². The van der Waals surface area contributed by atoms with Crippen LogP contribution in [0.25, 0.3) is 11.3 Å². The van der Waals surface area contributed by atoms with Gasteiger partial charge in [0.05, 0.1) is 7.11 Å². The van der Waals surface area contributed by atoms with Gasteiger partial charge >= 0.3 is 0 Å². The lowest BCUT2D eigenvalue weighted by Crippen LogP contribution is -1.95. The van der Waals surface area contributed by atoms with E-state index in [4.69, 9.17) is 14.5 Å². The van der Waals surface area contributed by atoms with Gasteiger partial charge in [-0.2, -0.15) is 5.26 Å². The lowest BCUT2D eigenvalue weighted by molar-refractivity contribution is 0.410. The van der Waals surface area contributed by atoms with Gasteiger partial charge in [0.2, 0.25) is 0 Å². The Hall–Kier alpha value is -2.28. The molecule has 18 heavy (non-hydrogen) atoms. The Balaban J connectivity index is 2.65. The Bertz CT molecular complexity index is 636. The van der Waals surface area contributed by atoms with E-state index in [2.05, 4.69) is 5.16 Å². The summed E-state index contributed by atoms with van der Waals surface area (Å²) in [4.78, 5) is 0. The number of hydrogen-bond donors (Lipinski definition) is 0. The average Bonchev–Trinajstić information content (AvgIpc) is 2.82. The summed E-state index contributed by atoms with van der Waals surface area (Å²) in [6.45, 7) is 5.99. The first-order valence-corrected chi connectivity index (χ1v) is 5.60. The second kappa shape index (κ2) is 4.53. The van der Waals surface area contributed by atoms with Crippen molar-refractivity contribution in [3.63, 3.8) is 0 Å². The van der Waals surface area contributed by atoms with Crippen LogP contribution in [-0.2, 0) is 0 Å². The van der Waals surface area contributed by atoms with Crippen LogP contribution in [0.3, 0.4) is 0 Å². The summed E-state index contributed by atoms with van der Waals surface area (Å²) < 4.78 is 10.5. The maximum Gasteiger partial charge on any atom is 0.184 e. The molecule has 0 saturated carbocycles. The van der Waals surface area contributed by atoms with Gasteiger partial charge in [0.15, 0.2) is 11.5 Å². The van der Waals surface area contributed by atoms with E-state index >= 15 is 0 Å². The Morgan fingerprint density at radius 1 is 1.22 bits per heavy atom. The number of methoxy groups -OCH3 is 1. The van der Waals surface area contributed by atoms with Crippen molar-refractivity contribution in [3.8, 4) is 23.1 Å². The van der Waals surface area contributed by atoms with Gasteiger partial charge in [0.25, 0.3) is 0 Å². The van der Waals surface area contributed by atoms with Crippen molar-refractivity contribution >= 4 is 0 Å². The third kappa shape index (κ3) is 1.84. The molecule has 0 aliphatic heterocycles. The number of ether oxygens (including phenoxy) is 1. The zero-order valence-corrected chi connectivity index (χ0v) is 10.9. The van der Waals surface area contributed by atoms with E-state index in [0.717, 1.165) is 28.0 Å². The molecule has 0 N–H and O–H groups in total. The summed E-state index contributed by atoms with van der Waals surface area (Å²) in [6, 6.07) is 5.58. The Morgan fingerprint density at radius 2 is 1.94 bits per heavy atom. The predicted octanol–water partition coefficient (Wildman–Crippen LogP) is 3.15. The van der Waals surface area contributed by atoms with Crippen LogP contribution in [0, 0.1) is 32.1 Å². The fourth-order valence-electron chi connectivity index (χ4n) is 2.08. The highest BCUT2D eigenvalue weighted by Crippen LogP contribution is 2.34. The normalized spacial score (nSPS) is 10.2. The smallest absolute Gasteiger partial charge is 0.184 e. The molecule has 0 spiro atoms. The van der Waals surface area contributed by atoms with Gasteiger partial charge in [-0.1, -0.05) is 5.16 Å². The molecule has 92 valence electrons. The van der Waals surface area contributed by atoms with E-state index < -0.39 is 0 Å². The van der Waals surface area contributed by atoms with Crippen LogP contribution in [-0.4, -0.2) is 12.3 Å². The van der Waals surface area contributed by atoms with Crippen LogP contribution >= 0.6 is 0 Å². The maximum atomic E-state index is 8.78. The third-order valence-corrected chi connectivity index (χ3v) is 3.14. The number of aromatic nitrogens is 1. The molecular formula is C14H14N2O2. The van der Waals surface area contributed by atoms with Crippen LogP contribution in [0.1, 0.15) is 22.4 Å². The molecule has 0 radical (unpaired) electrons. The lowest BCUT2D eigenvalue weighted by Gasteiger charge is -2.13. The molecule has 0 aliphatic carbocycles. The van der Waals surface area contributed by atoms with E-state index in [0.29, 0.717) is 5.76 Å². The van der Waals surface area contributed by atoms with E-state index in [1.54, 1.807) is 13.2 Å². The molecule has 1 heterocycles. The molecule has 2 rings (SSSR count). The van der Waals surface area contributed by atoms with Crippen molar-refractivity contribution in [1.29, 1.82) is 5.26 Å².